The molecule has 88 valence electrons. The van der Waals surface area contributed by atoms with Gasteiger partial charge in [-0.2, -0.15) is 0 Å². The van der Waals surface area contributed by atoms with Gasteiger partial charge in [0.25, 0.3) is 5.91 Å². The predicted octanol–water partition coefficient (Wildman–Crippen LogP) is 1.37. The molecule has 0 saturated carbocycles. The molecule has 1 aromatic rings. The van der Waals surface area contributed by atoms with E-state index in [-0.39, 0.29) is 12.5 Å². The van der Waals surface area contributed by atoms with Crippen LogP contribution in [-0.4, -0.2) is 31.2 Å². The van der Waals surface area contributed by atoms with Crippen LogP contribution in [0.5, 0.6) is 5.75 Å². The van der Waals surface area contributed by atoms with E-state index in [1.807, 2.05) is 19.9 Å². The summed E-state index contributed by atoms with van der Waals surface area (Å²) in [5, 5.41) is 2.64. The molecule has 1 aromatic heterocycles. The molecule has 1 N–H and O–H groups in total. The summed E-state index contributed by atoms with van der Waals surface area (Å²) in [6.45, 7) is 4.21. The zero-order valence-electron chi connectivity index (χ0n) is 9.74. The van der Waals surface area contributed by atoms with Crippen molar-refractivity contribution in [2.24, 2.45) is 0 Å². The number of hydrogen-bond acceptors (Lipinski definition) is 4. The maximum Gasteiger partial charge on any atom is 0.251 e. The number of methoxy groups -OCH3 is 1. The lowest BCUT2D eigenvalue weighted by atomic mass is 10.3. The van der Waals surface area contributed by atoms with Crippen LogP contribution in [0.1, 0.15) is 12.6 Å². The number of amides is 1. The van der Waals surface area contributed by atoms with Crippen LogP contribution < -0.4 is 10.1 Å². The summed E-state index contributed by atoms with van der Waals surface area (Å²) in [6.07, 6.45) is 0. The minimum atomic E-state index is -0.238. The van der Waals surface area contributed by atoms with Crippen LogP contribution in [0.3, 0.4) is 0 Å². The van der Waals surface area contributed by atoms with Crippen LogP contribution in [0.25, 0.3) is 0 Å². The van der Waals surface area contributed by atoms with E-state index in [2.05, 4.69) is 10.3 Å². The van der Waals surface area contributed by atoms with Crippen LogP contribution in [0, 0.1) is 6.92 Å². The van der Waals surface area contributed by atoms with Gasteiger partial charge in [-0.3, -0.25) is 4.79 Å². The number of hydrogen-bond donors (Lipinski definition) is 1. The number of pyridine rings is 1. The van der Waals surface area contributed by atoms with E-state index >= 15 is 0 Å². The number of anilines is 1. The molecule has 0 atom stereocenters. The highest BCUT2D eigenvalue weighted by Gasteiger charge is 2.08. The number of carbonyl (C=O) groups is 1. The van der Waals surface area contributed by atoms with Gasteiger partial charge in [-0.25, -0.2) is 4.98 Å². The third-order valence-corrected chi connectivity index (χ3v) is 1.91. The van der Waals surface area contributed by atoms with Crippen LogP contribution in [0.15, 0.2) is 12.1 Å². The Morgan fingerprint density at radius 3 is 2.88 bits per heavy atom. The third kappa shape index (κ3) is 3.51. The van der Waals surface area contributed by atoms with Gasteiger partial charge in [0, 0.05) is 12.3 Å². The molecule has 0 fully saturated rings. The van der Waals surface area contributed by atoms with Gasteiger partial charge >= 0.3 is 0 Å². The van der Waals surface area contributed by atoms with Crippen molar-refractivity contribution >= 4 is 11.7 Å². The van der Waals surface area contributed by atoms with Gasteiger partial charge in [-0.1, -0.05) is 0 Å². The van der Waals surface area contributed by atoms with Crippen molar-refractivity contribution in [1.29, 1.82) is 0 Å². The van der Waals surface area contributed by atoms with Gasteiger partial charge < -0.3 is 14.8 Å². The molecule has 1 rings (SSSR count). The zero-order valence-corrected chi connectivity index (χ0v) is 9.74. The van der Waals surface area contributed by atoms with Crippen molar-refractivity contribution in [1.82, 2.24) is 4.98 Å². The first-order valence-electron chi connectivity index (χ1n) is 5.06. The largest absolute Gasteiger partial charge is 0.493 e. The van der Waals surface area contributed by atoms with Crippen LogP contribution >= 0.6 is 0 Å². The van der Waals surface area contributed by atoms with Crippen molar-refractivity contribution < 1.29 is 14.3 Å². The van der Waals surface area contributed by atoms with Crippen molar-refractivity contribution in [2.75, 3.05) is 25.6 Å². The number of carbonyl (C=O) groups excluding carboxylic acids is 1. The van der Waals surface area contributed by atoms with E-state index in [4.69, 9.17) is 9.47 Å². The fourth-order valence-corrected chi connectivity index (χ4v) is 1.16. The zero-order chi connectivity index (χ0) is 12.0. The van der Waals surface area contributed by atoms with Crippen molar-refractivity contribution in [3.05, 3.63) is 17.8 Å². The Kier molecular flexibility index (Phi) is 4.72. The third-order valence-electron chi connectivity index (χ3n) is 1.91. The minimum Gasteiger partial charge on any atom is -0.493 e. The molecular formula is C11H16N2O3. The van der Waals surface area contributed by atoms with Gasteiger partial charge in [0.1, 0.15) is 6.61 Å². The van der Waals surface area contributed by atoms with Crippen LogP contribution in [0.4, 0.5) is 5.82 Å². The molecule has 16 heavy (non-hydrogen) atoms. The van der Waals surface area contributed by atoms with Crippen molar-refractivity contribution in [2.45, 2.75) is 13.8 Å². The van der Waals surface area contributed by atoms with E-state index in [1.54, 1.807) is 6.07 Å². The smallest absolute Gasteiger partial charge is 0.251 e. The van der Waals surface area contributed by atoms with Gasteiger partial charge in [0.2, 0.25) is 0 Å². The average Bonchev–Trinajstić information content (AvgIpc) is 2.27. The summed E-state index contributed by atoms with van der Waals surface area (Å²) >= 11 is 0. The second-order valence-electron chi connectivity index (χ2n) is 3.19. The number of nitrogens with one attached hydrogen (secondary N) is 1. The maximum absolute atomic E-state index is 11.4. The Morgan fingerprint density at radius 1 is 1.50 bits per heavy atom. The molecule has 1 heterocycles. The fraction of sp³-hybridized carbons (Fsp3) is 0.455. The van der Waals surface area contributed by atoms with Gasteiger partial charge in [0.15, 0.2) is 11.6 Å². The molecule has 1 amide bonds. The number of aryl methyl sites for hydroxylation is 1. The first-order valence-corrected chi connectivity index (χ1v) is 5.06. The summed E-state index contributed by atoms with van der Waals surface area (Å²) in [5.41, 5.74) is 0.813. The van der Waals surface area contributed by atoms with E-state index in [0.29, 0.717) is 18.2 Å². The second-order valence-corrected chi connectivity index (χ2v) is 3.19. The Morgan fingerprint density at radius 2 is 2.25 bits per heavy atom. The number of rotatable bonds is 5. The monoisotopic (exact) mass is 224 g/mol. The number of aromatic nitrogens is 1. The molecule has 0 unspecified atom stereocenters. The number of ether oxygens (including phenoxy) is 2. The summed E-state index contributed by atoms with van der Waals surface area (Å²) in [6, 6.07) is 3.58. The highest BCUT2D eigenvalue weighted by molar-refractivity contribution is 5.92. The van der Waals surface area contributed by atoms with Crippen molar-refractivity contribution in [3.63, 3.8) is 0 Å². The minimum absolute atomic E-state index is 0.0231. The Labute approximate surface area is 94.8 Å². The lowest BCUT2D eigenvalue weighted by molar-refractivity contribution is -0.120. The molecule has 0 aliphatic rings. The summed E-state index contributed by atoms with van der Waals surface area (Å²) < 4.78 is 10.1. The molecule has 5 heteroatoms. The molecule has 0 spiro atoms. The molecule has 0 saturated heterocycles. The summed E-state index contributed by atoms with van der Waals surface area (Å²) in [7, 11) is 1.53. The van der Waals surface area contributed by atoms with E-state index in [1.165, 1.54) is 7.11 Å². The lowest BCUT2D eigenvalue weighted by Gasteiger charge is -2.09. The SMILES string of the molecule is CCOCC(=O)Nc1nc(C)ccc1OC. The van der Waals surface area contributed by atoms with Gasteiger partial charge in [0.05, 0.1) is 7.11 Å². The molecule has 0 aliphatic carbocycles. The van der Waals surface area contributed by atoms with Gasteiger partial charge in [-0.15, -0.1) is 0 Å². The first kappa shape index (κ1) is 12.4. The Balaban J connectivity index is 2.71. The van der Waals surface area contributed by atoms with Crippen molar-refractivity contribution in [3.8, 4) is 5.75 Å². The van der Waals surface area contributed by atoms with E-state index in [0.717, 1.165) is 5.69 Å². The van der Waals surface area contributed by atoms with E-state index in [9.17, 15) is 4.79 Å². The second kappa shape index (κ2) is 6.07. The van der Waals surface area contributed by atoms with Crippen LogP contribution in [-0.2, 0) is 9.53 Å². The molecule has 0 radical (unpaired) electrons. The molecule has 0 bridgehead atoms. The Bertz CT molecular complexity index is 366. The summed E-state index contributed by atoms with van der Waals surface area (Å²) in [4.78, 5) is 15.6. The maximum atomic E-state index is 11.4. The summed E-state index contributed by atoms with van der Waals surface area (Å²) in [5.74, 6) is 0.723. The highest BCUT2D eigenvalue weighted by Crippen LogP contribution is 2.21. The Hall–Kier alpha value is -1.62. The molecule has 5 nitrogen and oxygen atoms in total. The standard InChI is InChI=1S/C11H16N2O3/c1-4-16-7-10(14)13-11-9(15-3)6-5-8(2)12-11/h5-6H,4,7H2,1-3H3,(H,12,13,14). The topological polar surface area (TPSA) is 60.5 Å². The number of nitrogens with zero attached hydrogens (tertiary/aromatic N) is 1. The predicted molar refractivity (Wildman–Crippen MR) is 60.6 cm³/mol. The van der Waals surface area contributed by atoms with Crippen LogP contribution in [0.2, 0.25) is 0 Å². The normalized spacial score (nSPS) is 9.94. The molecule has 0 aromatic carbocycles. The first-order chi connectivity index (χ1) is 7.67. The van der Waals surface area contributed by atoms with Gasteiger partial charge in [-0.05, 0) is 26.0 Å². The average molecular weight is 224 g/mol. The highest BCUT2D eigenvalue weighted by atomic mass is 16.5. The molecular weight excluding hydrogens is 208 g/mol. The molecule has 0 aliphatic heterocycles. The van der Waals surface area contributed by atoms with E-state index < -0.39 is 0 Å². The lowest BCUT2D eigenvalue weighted by Crippen LogP contribution is -2.19. The quantitative estimate of drug-likeness (QED) is 0.820. The fourth-order valence-electron chi connectivity index (χ4n) is 1.16.